The zero-order chi connectivity index (χ0) is 13.6. The molecule has 0 aromatic carbocycles. The van der Waals surface area contributed by atoms with E-state index >= 15 is 0 Å². The number of allylic oxidation sites excluding steroid dienone is 5. The summed E-state index contributed by atoms with van der Waals surface area (Å²) in [7, 11) is 0. The van der Waals surface area contributed by atoms with Crippen LogP contribution in [0.3, 0.4) is 0 Å². The van der Waals surface area contributed by atoms with Crippen LogP contribution < -0.4 is 0 Å². The molecule has 0 radical (unpaired) electrons. The molecule has 0 N–H and O–H groups in total. The fourth-order valence-corrected chi connectivity index (χ4v) is 2.31. The molecule has 0 heterocycles. The van der Waals surface area contributed by atoms with Crippen LogP contribution in [0.2, 0.25) is 0 Å². The van der Waals surface area contributed by atoms with E-state index in [4.69, 9.17) is 0 Å². The molecule has 0 bridgehead atoms. The molecule has 0 fully saturated rings. The van der Waals surface area contributed by atoms with Gasteiger partial charge in [0.15, 0.2) is 0 Å². The Hall–Kier alpha value is -0.780. The molecule has 17 heavy (non-hydrogen) atoms. The van der Waals surface area contributed by atoms with Crippen LogP contribution in [0, 0.1) is 11.3 Å². The van der Waals surface area contributed by atoms with Gasteiger partial charge in [0, 0.05) is 0 Å². The van der Waals surface area contributed by atoms with Gasteiger partial charge in [-0.05, 0) is 43.6 Å². The van der Waals surface area contributed by atoms with Crippen molar-refractivity contribution in [1.82, 2.24) is 0 Å². The minimum Gasteiger partial charge on any atom is -0.0961 e. The highest BCUT2D eigenvalue weighted by Crippen LogP contribution is 2.43. The van der Waals surface area contributed by atoms with E-state index in [1.165, 1.54) is 18.4 Å². The van der Waals surface area contributed by atoms with Gasteiger partial charge in [-0.3, -0.25) is 0 Å². The molecule has 0 heteroatoms. The Labute approximate surface area is 109 Å². The molecule has 1 rings (SSSR count). The molecule has 98 valence electrons. The van der Waals surface area contributed by atoms with Crippen LogP contribution in [0.5, 0.6) is 0 Å². The van der Waals surface area contributed by atoms with Crippen molar-refractivity contribution in [2.75, 3.05) is 0 Å². The maximum Gasteiger partial charge on any atom is -0.0104 e. The minimum absolute atomic E-state index is 0.336. The van der Waals surface area contributed by atoms with Gasteiger partial charge in [-0.25, -0.2) is 0 Å². The first kappa shape index (κ1) is 16.2. The largest absolute Gasteiger partial charge is 0.0961 e. The molecule has 0 nitrogen and oxygen atoms in total. The Morgan fingerprint density at radius 2 is 1.88 bits per heavy atom. The average molecular weight is 234 g/mol. The van der Waals surface area contributed by atoms with Crippen molar-refractivity contribution in [3.05, 3.63) is 35.5 Å². The first-order valence-electron chi connectivity index (χ1n) is 6.89. The van der Waals surface area contributed by atoms with Crippen LogP contribution >= 0.6 is 0 Å². The lowest BCUT2D eigenvalue weighted by Crippen LogP contribution is -2.23. The smallest absolute Gasteiger partial charge is 0.0104 e. The first-order valence-corrected chi connectivity index (χ1v) is 6.89. The molecular formula is C17H30. The van der Waals surface area contributed by atoms with Crippen LogP contribution in [0.15, 0.2) is 35.5 Å². The van der Waals surface area contributed by atoms with Crippen LogP contribution in [0.25, 0.3) is 0 Å². The fraction of sp³-hybridized carbons (Fsp3) is 0.647. The second-order valence-electron chi connectivity index (χ2n) is 5.60. The number of rotatable bonds is 2. The van der Waals surface area contributed by atoms with Gasteiger partial charge in [0.2, 0.25) is 0 Å². The monoisotopic (exact) mass is 234 g/mol. The van der Waals surface area contributed by atoms with Gasteiger partial charge >= 0.3 is 0 Å². The molecule has 0 aliphatic heterocycles. The Morgan fingerprint density at radius 3 is 2.35 bits per heavy atom. The molecule has 0 saturated carbocycles. The van der Waals surface area contributed by atoms with Crippen molar-refractivity contribution in [3.8, 4) is 0 Å². The highest BCUT2D eigenvalue weighted by Gasteiger charge is 2.29. The third kappa shape index (κ3) is 4.53. The van der Waals surface area contributed by atoms with E-state index in [0.717, 1.165) is 11.5 Å². The van der Waals surface area contributed by atoms with E-state index in [-0.39, 0.29) is 0 Å². The summed E-state index contributed by atoms with van der Waals surface area (Å²) in [6.45, 7) is 19.3. The Balaban J connectivity index is 0.00000121. The third-order valence-corrected chi connectivity index (χ3v) is 3.63. The Bertz CT molecular complexity index is 313. The fourth-order valence-electron chi connectivity index (χ4n) is 2.31. The lowest BCUT2D eigenvalue weighted by atomic mass is 9.69. The van der Waals surface area contributed by atoms with Crippen LogP contribution in [-0.4, -0.2) is 0 Å². The van der Waals surface area contributed by atoms with Crippen molar-refractivity contribution in [1.29, 1.82) is 0 Å². The van der Waals surface area contributed by atoms with Crippen LogP contribution in [0.4, 0.5) is 0 Å². The van der Waals surface area contributed by atoms with E-state index in [0.29, 0.717) is 5.41 Å². The van der Waals surface area contributed by atoms with Gasteiger partial charge in [-0.1, -0.05) is 64.5 Å². The van der Waals surface area contributed by atoms with Crippen molar-refractivity contribution in [2.24, 2.45) is 11.3 Å². The summed E-state index contributed by atoms with van der Waals surface area (Å²) >= 11 is 0. The van der Waals surface area contributed by atoms with E-state index in [2.05, 4.69) is 46.4 Å². The zero-order valence-electron chi connectivity index (χ0n) is 12.9. The molecule has 1 atom stereocenters. The number of hydrogen-bond donors (Lipinski definition) is 0. The lowest BCUT2D eigenvalue weighted by molar-refractivity contribution is 0.339. The second-order valence-corrected chi connectivity index (χ2v) is 5.60. The molecule has 0 saturated heterocycles. The summed E-state index contributed by atoms with van der Waals surface area (Å²) in [6.07, 6.45) is 7.02. The van der Waals surface area contributed by atoms with Gasteiger partial charge in [0.1, 0.15) is 0 Å². The molecule has 1 aliphatic carbocycles. The summed E-state index contributed by atoms with van der Waals surface area (Å²) in [4.78, 5) is 0. The van der Waals surface area contributed by atoms with Crippen molar-refractivity contribution >= 4 is 0 Å². The molecule has 0 amide bonds. The average Bonchev–Trinajstić information content (AvgIpc) is 2.26. The maximum atomic E-state index is 3.92. The molecule has 0 aromatic heterocycles. The third-order valence-electron chi connectivity index (χ3n) is 3.63. The van der Waals surface area contributed by atoms with Crippen LogP contribution in [0.1, 0.15) is 61.3 Å². The minimum atomic E-state index is 0.336. The quantitative estimate of drug-likeness (QED) is 0.520. The maximum absolute atomic E-state index is 3.92. The standard InChI is InChI=1S/C15H24.C2H6/c1-11(2)7-8-14-13(4)12(3)9-10-15(14,5)6;1-2/h7-8,12H,1,9-10H2,2-6H3;1-2H3/b8-7+;. The first-order chi connectivity index (χ1) is 7.84. The van der Waals surface area contributed by atoms with Gasteiger partial charge in [0.25, 0.3) is 0 Å². The predicted octanol–water partition coefficient (Wildman–Crippen LogP) is 5.92. The molecular weight excluding hydrogens is 204 g/mol. The summed E-state index contributed by atoms with van der Waals surface area (Å²) in [5.41, 5.74) is 4.54. The Morgan fingerprint density at radius 1 is 1.35 bits per heavy atom. The summed E-state index contributed by atoms with van der Waals surface area (Å²) in [5.74, 6) is 0.739. The SMILES string of the molecule is C=C(C)/C=C/C1=C(C)C(C)CCC1(C)C.CC. The predicted molar refractivity (Wildman–Crippen MR) is 80.2 cm³/mol. The van der Waals surface area contributed by atoms with E-state index < -0.39 is 0 Å². The van der Waals surface area contributed by atoms with Gasteiger partial charge < -0.3 is 0 Å². The summed E-state index contributed by atoms with van der Waals surface area (Å²) < 4.78 is 0. The van der Waals surface area contributed by atoms with Crippen LogP contribution in [-0.2, 0) is 0 Å². The molecule has 0 spiro atoms. The second kappa shape index (κ2) is 6.83. The molecule has 1 aliphatic rings. The van der Waals surface area contributed by atoms with Crippen molar-refractivity contribution in [3.63, 3.8) is 0 Å². The molecule has 1 unspecified atom stereocenters. The summed E-state index contributed by atoms with van der Waals surface area (Å²) in [5, 5.41) is 0. The number of hydrogen-bond acceptors (Lipinski definition) is 0. The summed E-state index contributed by atoms with van der Waals surface area (Å²) in [6, 6.07) is 0. The highest BCUT2D eigenvalue weighted by molar-refractivity contribution is 5.36. The normalized spacial score (nSPS) is 23.4. The van der Waals surface area contributed by atoms with E-state index in [1.807, 2.05) is 20.8 Å². The van der Waals surface area contributed by atoms with E-state index in [1.54, 1.807) is 5.57 Å². The molecule has 0 aromatic rings. The van der Waals surface area contributed by atoms with Crippen molar-refractivity contribution < 1.29 is 0 Å². The van der Waals surface area contributed by atoms with Gasteiger partial charge in [-0.15, -0.1) is 0 Å². The van der Waals surface area contributed by atoms with Gasteiger partial charge in [-0.2, -0.15) is 0 Å². The zero-order valence-corrected chi connectivity index (χ0v) is 12.9. The topological polar surface area (TPSA) is 0 Å². The highest BCUT2D eigenvalue weighted by atomic mass is 14.3. The van der Waals surface area contributed by atoms with Gasteiger partial charge in [0.05, 0.1) is 0 Å². The van der Waals surface area contributed by atoms with E-state index in [9.17, 15) is 0 Å². The lowest BCUT2D eigenvalue weighted by Gasteiger charge is -2.36. The van der Waals surface area contributed by atoms with Crippen molar-refractivity contribution in [2.45, 2.75) is 61.3 Å². The Kier molecular flexibility index (Phi) is 6.52.